The Balaban J connectivity index is 2.06. The highest BCUT2D eigenvalue weighted by Crippen LogP contribution is 2.22. The molecule has 0 saturated carbocycles. The van der Waals surface area contributed by atoms with Crippen molar-refractivity contribution in [2.75, 3.05) is 24.3 Å². The highest BCUT2D eigenvalue weighted by atomic mass is 32.1. The second-order valence-electron chi connectivity index (χ2n) is 4.38. The maximum atomic E-state index is 3.47. The highest BCUT2D eigenvalue weighted by Gasteiger charge is 2.01. The maximum absolute atomic E-state index is 3.47. The SMILES string of the molecule is Cc1cc(N(C)C)ccc1NCc1ccsc1. The minimum absolute atomic E-state index is 0.894. The van der Waals surface area contributed by atoms with Gasteiger partial charge in [-0.15, -0.1) is 0 Å². The van der Waals surface area contributed by atoms with Crippen LogP contribution in [-0.2, 0) is 6.54 Å². The van der Waals surface area contributed by atoms with E-state index in [0.29, 0.717) is 0 Å². The van der Waals surface area contributed by atoms with Crippen LogP contribution >= 0.6 is 11.3 Å². The molecule has 1 heterocycles. The van der Waals surface area contributed by atoms with Gasteiger partial charge in [0, 0.05) is 32.0 Å². The number of thiophene rings is 1. The van der Waals surface area contributed by atoms with Gasteiger partial charge in [0.05, 0.1) is 0 Å². The van der Waals surface area contributed by atoms with Crippen LogP contribution in [-0.4, -0.2) is 14.1 Å². The number of rotatable bonds is 4. The number of nitrogens with zero attached hydrogens (tertiary/aromatic N) is 1. The van der Waals surface area contributed by atoms with Crippen molar-refractivity contribution in [1.29, 1.82) is 0 Å². The first-order valence-electron chi connectivity index (χ1n) is 5.70. The molecule has 17 heavy (non-hydrogen) atoms. The normalized spacial score (nSPS) is 10.3. The lowest BCUT2D eigenvalue weighted by atomic mass is 10.1. The van der Waals surface area contributed by atoms with Gasteiger partial charge < -0.3 is 10.2 Å². The number of hydrogen-bond donors (Lipinski definition) is 1. The van der Waals surface area contributed by atoms with E-state index < -0.39 is 0 Å². The number of hydrogen-bond acceptors (Lipinski definition) is 3. The summed E-state index contributed by atoms with van der Waals surface area (Å²) in [6, 6.07) is 8.65. The predicted molar refractivity (Wildman–Crippen MR) is 77.2 cm³/mol. The number of benzene rings is 1. The third kappa shape index (κ3) is 3.01. The van der Waals surface area contributed by atoms with Crippen molar-refractivity contribution in [2.24, 2.45) is 0 Å². The molecule has 0 saturated heterocycles. The minimum atomic E-state index is 0.894. The summed E-state index contributed by atoms with van der Waals surface area (Å²) in [7, 11) is 4.13. The fourth-order valence-electron chi connectivity index (χ4n) is 1.71. The van der Waals surface area contributed by atoms with Gasteiger partial charge in [-0.2, -0.15) is 11.3 Å². The maximum Gasteiger partial charge on any atom is 0.0409 e. The first-order chi connectivity index (χ1) is 8.16. The van der Waals surface area contributed by atoms with E-state index >= 15 is 0 Å². The molecule has 0 spiro atoms. The van der Waals surface area contributed by atoms with Crippen molar-refractivity contribution >= 4 is 22.7 Å². The zero-order valence-corrected chi connectivity index (χ0v) is 11.3. The lowest BCUT2D eigenvalue weighted by Gasteiger charge is -2.15. The molecule has 1 aromatic carbocycles. The summed E-state index contributed by atoms with van der Waals surface area (Å²) in [6.07, 6.45) is 0. The molecule has 0 unspecified atom stereocenters. The molecule has 2 nitrogen and oxygen atoms in total. The molecule has 3 heteroatoms. The van der Waals surface area contributed by atoms with Gasteiger partial charge in [0.2, 0.25) is 0 Å². The Morgan fingerprint density at radius 2 is 2.06 bits per heavy atom. The first-order valence-corrected chi connectivity index (χ1v) is 6.64. The molecule has 0 radical (unpaired) electrons. The van der Waals surface area contributed by atoms with Crippen molar-refractivity contribution < 1.29 is 0 Å². The van der Waals surface area contributed by atoms with Gasteiger partial charge in [0.1, 0.15) is 0 Å². The Bertz CT molecular complexity index is 475. The van der Waals surface area contributed by atoms with Crippen LogP contribution in [0, 0.1) is 6.92 Å². The monoisotopic (exact) mass is 246 g/mol. The largest absolute Gasteiger partial charge is 0.381 e. The van der Waals surface area contributed by atoms with E-state index in [2.05, 4.69) is 66.3 Å². The number of nitrogens with one attached hydrogen (secondary N) is 1. The predicted octanol–water partition coefficient (Wildman–Crippen LogP) is 3.73. The zero-order valence-electron chi connectivity index (χ0n) is 10.5. The summed E-state index contributed by atoms with van der Waals surface area (Å²) >= 11 is 1.74. The average molecular weight is 246 g/mol. The molecule has 0 atom stereocenters. The molecule has 0 bridgehead atoms. The van der Waals surface area contributed by atoms with E-state index in [9.17, 15) is 0 Å². The quantitative estimate of drug-likeness (QED) is 0.884. The van der Waals surface area contributed by atoms with E-state index in [-0.39, 0.29) is 0 Å². The van der Waals surface area contributed by atoms with E-state index in [1.54, 1.807) is 11.3 Å². The lowest BCUT2D eigenvalue weighted by Crippen LogP contribution is -2.09. The molecule has 2 rings (SSSR count). The van der Waals surface area contributed by atoms with Crippen LogP contribution in [0.15, 0.2) is 35.0 Å². The van der Waals surface area contributed by atoms with Crippen LogP contribution in [0.25, 0.3) is 0 Å². The second-order valence-corrected chi connectivity index (χ2v) is 5.16. The van der Waals surface area contributed by atoms with E-state index in [1.165, 1.54) is 22.5 Å². The molecule has 2 aromatic rings. The topological polar surface area (TPSA) is 15.3 Å². The first kappa shape index (κ1) is 12.0. The van der Waals surface area contributed by atoms with Crippen molar-refractivity contribution in [3.05, 3.63) is 46.2 Å². The summed E-state index contributed by atoms with van der Waals surface area (Å²) in [4.78, 5) is 2.12. The standard InChI is InChI=1S/C14H18N2S/c1-11-8-13(16(2)3)4-5-14(11)15-9-12-6-7-17-10-12/h4-8,10,15H,9H2,1-3H3. The van der Waals surface area contributed by atoms with Gasteiger partial charge in [0.15, 0.2) is 0 Å². The van der Waals surface area contributed by atoms with Gasteiger partial charge in [0.25, 0.3) is 0 Å². The Labute approximate surface area is 107 Å². The zero-order chi connectivity index (χ0) is 12.3. The van der Waals surface area contributed by atoms with E-state index in [0.717, 1.165) is 6.54 Å². The smallest absolute Gasteiger partial charge is 0.0409 e. The van der Waals surface area contributed by atoms with Crippen molar-refractivity contribution in [1.82, 2.24) is 0 Å². The Hall–Kier alpha value is -1.48. The molecule has 90 valence electrons. The third-order valence-corrected chi connectivity index (χ3v) is 3.52. The molecular formula is C14H18N2S. The van der Waals surface area contributed by atoms with Gasteiger partial charge in [-0.1, -0.05) is 0 Å². The van der Waals surface area contributed by atoms with Crippen molar-refractivity contribution in [3.8, 4) is 0 Å². The van der Waals surface area contributed by atoms with Crippen molar-refractivity contribution in [2.45, 2.75) is 13.5 Å². The molecule has 0 aliphatic rings. The summed E-state index contributed by atoms with van der Waals surface area (Å²) in [5.41, 5.74) is 5.07. The number of anilines is 2. The van der Waals surface area contributed by atoms with Gasteiger partial charge in [-0.3, -0.25) is 0 Å². The Morgan fingerprint density at radius 1 is 1.24 bits per heavy atom. The van der Waals surface area contributed by atoms with Gasteiger partial charge >= 0.3 is 0 Å². The Morgan fingerprint density at radius 3 is 2.65 bits per heavy atom. The molecule has 1 N–H and O–H groups in total. The summed E-state index contributed by atoms with van der Waals surface area (Å²) in [6.45, 7) is 3.04. The molecule has 0 aliphatic heterocycles. The average Bonchev–Trinajstić information content (AvgIpc) is 2.80. The van der Waals surface area contributed by atoms with Crippen LogP contribution in [0.2, 0.25) is 0 Å². The van der Waals surface area contributed by atoms with E-state index in [4.69, 9.17) is 0 Å². The molecular weight excluding hydrogens is 228 g/mol. The summed E-state index contributed by atoms with van der Waals surface area (Å²) in [5, 5.41) is 7.76. The number of aryl methyl sites for hydroxylation is 1. The second kappa shape index (κ2) is 5.23. The minimum Gasteiger partial charge on any atom is -0.381 e. The highest BCUT2D eigenvalue weighted by molar-refractivity contribution is 7.07. The molecule has 0 amide bonds. The molecule has 1 aromatic heterocycles. The summed E-state index contributed by atoms with van der Waals surface area (Å²) in [5.74, 6) is 0. The van der Waals surface area contributed by atoms with Crippen LogP contribution < -0.4 is 10.2 Å². The lowest BCUT2D eigenvalue weighted by molar-refractivity contribution is 1.12. The van der Waals surface area contributed by atoms with Crippen LogP contribution in [0.4, 0.5) is 11.4 Å². The van der Waals surface area contributed by atoms with E-state index in [1.807, 2.05) is 0 Å². The van der Waals surface area contributed by atoms with Crippen LogP contribution in [0.3, 0.4) is 0 Å². The van der Waals surface area contributed by atoms with Crippen molar-refractivity contribution in [3.63, 3.8) is 0 Å². The van der Waals surface area contributed by atoms with Crippen LogP contribution in [0.1, 0.15) is 11.1 Å². The third-order valence-electron chi connectivity index (χ3n) is 2.79. The fraction of sp³-hybridized carbons (Fsp3) is 0.286. The van der Waals surface area contributed by atoms with Gasteiger partial charge in [-0.25, -0.2) is 0 Å². The molecule has 0 fully saturated rings. The Kier molecular flexibility index (Phi) is 3.69. The molecule has 0 aliphatic carbocycles. The van der Waals surface area contributed by atoms with Gasteiger partial charge in [-0.05, 0) is 53.1 Å². The fourth-order valence-corrected chi connectivity index (χ4v) is 2.38. The summed E-state index contributed by atoms with van der Waals surface area (Å²) < 4.78 is 0. The van der Waals surface area contributed by atoms with Crippen LogP contribution in [0.5, 0.6) is 0 Å².